The second-order valence-corrected chi connectivity index (χ2v) is 9.70. The number of aryl methyl sites for hydroxylation is 1. The molecule has 1 saturated heterocycles. The van der Waals surface area contributed by atoms with Gasteiger partial charge in [-0.25, -0.2) is 13.5 Å². The van der Waals surface area contributed by atoms with Crippen LogP contribution in [0.1, 0.15) is 43.9 Å². The molecule has 38 heavy (non-hydrogen) atoms. The van der Waals surface area contributed by atoms with Crippen LogP contribution in [0.3, 0.4) is 0 Å². The summed E-state index contributed by atoms with van der Waals surface area (Å²) < 4.78 is 47.4. The predicted molar refractivity (Wildman–Crippen MR) is 141 cm³/mol. The average molecular weight is 530 g/mol. The molecule has 1 N–H and O–H groups in total. The van der Waals surface area contributed by atoms with Crippen LogP contribution in [0.4, 0.5) is 8.78 Å². The molecule has 0 radical (unpaired) electrons. The predicted octanol–water partition coefficient (Wildman–Crippen LogP) is 5.41. The van der Waals surface area contributed by atoms with Gasteiger partial charge in [-0.3, -0.25) is 4.90 Å². The number of benzene rings is 2. The number of unbranched alkanes of at least 4 members (excludes halogenated alkanes) is 1. The summed E-state index contributed by atoms with van der Waals surface area (Å²) >= 11 is 0. The first-order valence-electron chi connectivity index (χ1n) is 13.3. The van der Waals surface area contributed by atoms with Crippen LogP contribution >= 0.6 is 0 Å². The van der Waals surface area contributed by atoms with Gasteiger partial charge in [-0.2, -0.15) is 5.10 Å². The van der Waals surface area contributed by atoms with Gasteiger partial charge in [0.15, 0.2) is 11.6 Å². The zero-order chi connectivity index (χ0) is 26.9. The molecule has 4 rings (SSSR count). The zero-order valence-corrected chi connectivity index (χ0v) is 22.1. The number of hydrogen-bond donors (Lipinski definition) is 1. The lowest BCUT2D eigenvalue weighted by Gasteiger charge is -2.27. The number of aromatic nitrogens is 2. The van der Waals surface area contributed by atoms with E-state index in [9.17, 15) is 13.9 Å². The molecule has 206 valence electrons. The van der Waals surface area contributed by atoms with Gasteiger partial charge in [-0.05, 0) is 50.5 Å². The number of para-hydroxylation sites is 1. The molecule has 3 aromatic rings. The summed E-state index contributed by atoms with van der Waals surface area (Å²) in [7, 11) is 0. The minimum absolute atomic E-state index is 0.0617. The van der Waals surface area contributed by atoms with Gasteiger partial charge in [0.2, 0.25) is 5.88 Å². The Kier molecular flexibility index (Phi) is 10.2. The Bertz CT molecular complexity index is 1150. The molecule has 1 fully saturated rings. The van der Waals surface area contributed by atoms with Gasteiger partial charge in [0.25, 0.3) is 0 Å². The van der Waals surface area contributed by atoms with E-state index in [1.165, 1.54) is 6.07 Å². The van der Waals surface area contributed by atoms with E-state index in [2.05, 4.69) is 11.8 Å². The third-order valence-electron chi connectivity index (χ3n) is 6.53. The first-order chi connectivity index (χ1) is 18.4. The first kappa shape index (κ1) is 28.2. The Balaban J connectivity index is 1.63. The highest BCUT2D eigenvalue weighted by Crippen LogP contribution is 2.33. The summed E-state index contributed by atoms with van der Waals surface area (Å²) in [6.07, 6.45) is 3.31. The second kappa shape index (κ2) is 13.8. The molecule has 0 bridgehead atoms. The molecule has 2 heterocycles. The van der Waals surface area contributed by atoms with Crippen LogP contribution in [0.15, 0.2) is 48.5 Å². The van der Waals surface area contributed by atoms with Crippen molar-refractivity contribution in [3.63, 3.8) is 0 Å². The van der Waals surface area contributed by atoms with E-state index >= 15 is 0 Å². The number of rotatable bonds is 14. The zero-order valence-electron chi connectivity index (χ0n) is 22.1. The SMILES string of the molecule is CCCCOC[C@@H](O)CN(Cc1c(C)nn(-c2ccccc2)c1Oc1ccc(F)cc1F)C[C@H]1CCCO1. The van der Waals surface area contributed by atoms with Crippen LogP contribution in [0.2, 0.25) is 0 Å². The molecule has 1 aromatic heterocycles. The number of aliphatic hydroxyl groups excluding tert-OH is 1. The molecule has 0 saturated carbocycles. The minimum atomic E-state index is -0.801. The molecule has 2 aromatic carbocycles. The topological polar surface area (TPSA) is 69.0 Å². The van der Waals surface area contributed by atoms with Gasteiger partial charge in [0, 0.05) is 38.9 Å². The fourth-order valence-electron chi connectivity index (χ4n) is 4.55. The van der Waals surface area contributed by atoms with Crippen molar-refractivity contribution >= 4 is 0 Å². The van der Waals surface area contributed by atoms with Crippen LogP contribution in [0.5, 0.6) is 11.6 Å². The highest BCUT2D eigenvalue weighted by Gasteiger charge is 2.26. The Hall–Kier alpha value is -2.85. The van der Waals surface area contributed by atoms with Gasteiger partial charge >= 0.3 is 0 Å². The van der Waals surface area contributed by atoms with Crippen molar-refractivity contribution in [1.82, 2.24) is 14.7 Å². The van der Waals surface area contributed by atoms with Crippen molar-refractivity contribution in [1.29, 1.82) is 0 Å². The van der Waals surface area contributed by atoms with Crippen molar-refractivity contribution in [2.24, 2.45) is 0 Å². The van der Waals surface area contributed by atoms with Crippen LogP contribution in [0, 0.1) is 18.6 Å². The van der Waals surface area contributed by atoms with Crippen LogP contribution in [-0.4, -0.2) is 64.9 Å². The van der Waals surface area contributed by atoms with Gasteiger partial charge in [-0.1, -0.05) is 31.5 Å². The Labute approximate surface area is 222 Å². The van der Waals surface area contributed by atoms with Crippen LogP contribution in [0.25, 0.3) is 5.69 Å². The van der Waals surface area contributed by atoms with Crippen molar-refractivity contribution < 1.29 is 28.1 Å². The molecule has 0 spiro atoms. The average Bonchev–Trinajstić information content (AvgIpc) is 3.52. The molecule has 0 amide bonds. The maximum absolute atomic E-state index is 14.6. The molecule has 0 aliphatic carbocycles. The highest BCUT2D eigenvalue weighted by atomic mass is 19.1. The molecule has 2 atom stereocenters. The molecule has 0 unspecified atom stereocenters. The van der Waals surface area contributed by atoms with Crippen molar-refractivity contribution in [2.75, 3.05) is 32.9 Å². The number of ether oxygens (including phenoxy) is 3. The van der Waals surface area contributed by atoms with E-state index in [4.69, 9.17) is 19.3 Å². The Morgan fingerprint density at radius 3 is 2.74 bits per heavy atom. The van der Waals surface area contributed by atoms with Crippen molar-refractivity contribution in [3.8, 4) is 17.3 Å². The van der Waals surface area contributed by atoms with E-state index in [0.717, 1.165) is 55.7 Å². The number of nitrogens with zero attached hydrogens (tertiary/aromatic N) is 3. The van der Waals surface area contributed by atoms with Gasteiger partial charge in [0.1, 0.15) is 5.82 Å². The summed E-state index contributed by atoms with van der Waals surface area (Å²) in [4.78, 5) is 2.11. The van der Waals surface area contributed by atoms with Gasteiger partial charge in [-0.15, -0.1) is 0 Å². The minimum Gasteiger partial charge on any atom is -0.435 e. The lowest BCUT2D eigenvalue weighted by atomic mass is 10.1. The van der Waals surface area contributed by atoms with E-state index < -0.39 is 17.7 Å². The van der Waals surface area contributed by atoms with Crippen molar-refractivity contribution in [2.45, 2.75) is 58.3 Å². The third-order valence-corrected chi connectivity index (χ3v) is 6.53. The van der Waals surface area contributed by atoms with Crippen LogP contribution in [-0.2, 0) is 16.0 Å². The summed E-state index contributed by atoms with van der Waals surface area (Å²) in [6.45, 7) is 6.93. The lowest BCUT2D eigenvalue weighted by molar-refractivity contribution is 0.00136. The van der Waals surface area contributed by atoms with Gasteiger partial charge in [0.05, 0.1) is 35.8 Å². The molecular formula is C29H37F2N3O4. The quantitative estimate of drug-likeness (QED) is 0.282. The maximum atomic E-state index is 14.6. The van der Waals surface area contributed by atoms with E-state index in [-0.39, 0.29) is 18.5 Å². The highest BCUT2D eigenvalue weighted by molar-refractivity contribution is 5.43. The smallest absolute Gasteiger partial charge is 0.227 e. The summed E-state index contributed by atoms with van der Waals surface area (Å²) in [5.41, 5.74) is 2.20. The molecular weight excluding hydrogens is 492 g/mol. The molecule has 1 aliphatic heterocycles. The Morgan fingerprint density at radius 2 is 2.03 bits per heavy atom. The maximum Gasteiger partial charge on any atom is 0.227 e. The molecule has 1 aliphatic rings. The van der Waals surface area contributed by atoms with Crippen LogP contribution < -0.4 is 4.74 Å². The normalized spacial score (nSPS) is 16.3. The Morgan fingerprint density at radius 1 is 1.21 bits per heavy atom. The van der Waals surface area contributed by atoms with E-state index in [0.29, 0.717) is 37.8 Å². The number of aliphatic hydroxyl groups is 1. The summed E-state index contributed by atoms with van der Waals surface area (Å²) in [5, 5.41) is 15.5. The van der Waals surface area contributed by atoms with E-state index in [1.807, 2.05) is 37.3 Å². The monoisotopic (exact) mass is 529 g/mol. The first-order valence-corrected chi connectivity index (χ1v) is 13.3. The lowest BCUT2D eigenvalue weighted by Crippen LogP contribution is -2.39. The second-order valence-electron chi connectivity index (χ2n) is 9.70. The summed E-state index contributed by atoms with van der Waals surface area (Å²) in [6, 6.07) is 12.6. The van der Waals surface area contributed by atoms with E-state index in [1.54, 1.807) is 4.68 Å². The fraction of sp³-hybridized carbons (Fsp3) is 0.483. The van der Waals surface area contributed by atoms with Gasteiger partial charge < -0.3 is 19.3 Å². The number of hydrogen-bond acceptors (Lipinski definition) is 6. The third kappa shape index (κ3) is 7.60. The molecule has 9 heteroatoms. The number of halogens is 2. The van der Waals surface area contributed by atoms with Crippen molar-refractivity contribution in [3.05, 3.63) is 71.4 Å². The fourth-order valence-corrected chi connectivity index (χ4v) is 4.55. The largest absolute Gasteiger partial charge is 0.435 e. The summed E-state index contributed by atoms with van der Waals surface area (Å²) in [5.74, 6) is -1.24. The standard InChI is InChI=1S/C29H37F2N3O4/c1-3-4-14-36-20-24(35)17-33(18-25-11-8-15-37-25)19-26-21(2)32-34(23-9-6-5-7-10-23)29(26)38-28-13-12-22(30)16-27(28)31/h5-7,9-10,12-13,16,24-25,35H,3-4,8,11,14-15,17-20H2,1-2H3/t24-,25+/m0/s1. The molecule has 7 nitrogen and oxygen atoms in total.